The number of anilines is 1. The highest BCUT2D eigenvalue weighted by Gasteiger charge is 2.21. The normalized spacial score (nSPS) is 13.9. The number of para-hydroxylation sites is 1. The molecule has 0 atom stereocenters. The molecular formula is C20H19N3O4. The third kappa shape index (κ3) is 4.58. The highest BCUT2D eigenvalue weighted by Crippen LogP contribution is 2.21. The lowest BCUT2D eigenvalue weighted by molar-refractivity contribution is -0.385. The maximum atomic E-state index is 12.0. The van der Waals surface area contributed by atoms with Crippen LogP contribution in [-0.2, 0) is 16.1 Å². The van der Waals surface area contributed by atoms with Crippen molar-refractivity contribution in [2.75, 3.05) is 11.4 Å². The average Bonchev–Trinajstić information content (AvgIpc) is 3.11. The van der Waals surface area contributed by atoms with E-state index < -0.39 is 4.92 Å². The van der Waals surface area contributed by atoms with Crippen molar-refractivity contribution in [2.45, 2.75) is 19.4 Å². The van der Waals surface area contributed by atoms with E-state index in [0.717, 1.165) is 24.2 Å². The first kappa shape index (κ1) is 18.3. The Labute approximate surface area is 156 Å². The minimum absolute atomic E-state index is 0.0476. The van der Waals surface area contributed by atoms with Crippen molar-refractivity contribution in [1.29, 1.82) is 0 Å². The Balaban J connectivity index is 1.56. The summed E-state index contributed by atoms with van der Waals surface area (Å²) in [6.07, 6.45) is 4.17. The number of benzene rings is 2. The number of nitrogens with one attached hydrogen (secondary N) is 1. The van der Waals surface area contributed by atoms with Crippen LogP contribution < -0.4 is 10.2 Å². The second kappa shape index (κ2) is 8.27. The third-order valence-electron chi connectivity index (χ3n) is 4.34. The summed E-state index contributed by atoms with van der Waals surface area (Å²) in [5, 5.41) is 13.7. The van der Waals surface area contributed by atoms with Gasteiger partial charge in [-0.3, -0.25) is 19.7 Å². The van der Waals surface area contributed by atoms with E-state index in [-0.39, 0.29) is 17.5 Å². The van der Waals surface area contributed by atoms with Crippen molar-refractivity contribution in [3.05, 3.63) is 75.8 Å². The predicted molar refractivity (Wildman–Crippen MR) is 102 cm³/mol. The second-order valence-corrected chi connectivity index (χ2v) is 6.18. The zero-order chi connectivity index (χ0) is 19.2. The molecule has 2 aromatic carbocycles. The molecule has 0 spiro atoms. The van der Waals surface area contributed by atoms with Crippen LogP contribution in [0.3, 0.4) is 0 Å². The van der Waals surface area contributed by atoms with Gasteiger partial charge in [-0.15, -0.1) is 0 Å². The summed E-state index contributed by atoms with van der Waals surface area (Å²) in [7, 11) is 0. The number of nitro benzene ring substituents is 1. The Kier molecular flexibility index (Phi) is 5.61. The fraction of sp³-hybridized carbons (Fsp3) is 0.200. The standard InChI is InChI=1S/C20H19N3O4/c24-19(12-9-16-4-1-2-5-18(16)23(26)27)21-14-15-7-10-17(11-8-15)22-13-3-6-20(22)25/h1-2,4-5,7-12H,3,6,13-14H2,(H,21,24)/b12-9+. The van der Waals surface area contributed by atoms with Crippen LogP contribution >= 0.6 is 0 Å². The van der Waals surface area contributed by atoms with Crippen LogP contribution in [0.4, 0.5) is 11.4 Å². The van der Waals surface area contributed by atoms with E-state index in [9.17, 15) is 19.7 Å². The Hall–Kier alpha value is -3.48. The van der Waals surface area contributed by atoms with Crippen LogP contribution in [0, 0.1) is 10.1 Å². The fourth-order valence-electron chi connectivity index (χ4n) is 2.92. The molecule has 1 fully saturated rings. The largest absolute Gasteiger partial charge is 0.348 e. The molecule has 138 valence electrons. The van der Waals surface area contributed by atoms with Gasteiger partial charge in [0, 0.05) is 37.3 Å². The van der Waals surface area contributed by atoms with E-state index in [1.165, 1.54) is 18.2 Å². The lowest BCUT2D eigenvalue weighted by atomic mass is 10.1. The maximum Gasteiger partial charge on any atom is 0.276 e. The fourth-order valence-corrected chi connectivity index (χ4v) is 2.92. The van der Waals surface area contributed by atoms with E-state index in [2.05, 4.69) is 5.32 Å². The van der Waals surface area contributed by atoms with Crippen molar-refractivity contribution < 1.29 is 14.5 Å². The Morgan fingerprint density at radius 2 is 1.93 bits per heavy atom. The molecule has 2 aromatic rings. The molecule has 0 aliphatic carbocycles. The second-order valence-electron chi connectivity index (χ2n) is 6.18. The molecule has 1 N–H and O–H groups in total. The number of carbonyl (C=O) groups excluding carboxylic acids is 2. The monoisotopic (exact) mass is 365 g/mol. The first-order chi connectivity index (χ1) is 13.0. The molecule has 1 aliphatic heterocycles. The summed E-state index contributed by atoms with van der Waals surface area (Å²) in [6.45, 7) is 1.07. The summed E-state index contributed by atoms with van der Waals surface area (Å²) in [4.78, 5) is 36.0. The van der Waals surface area contributed by atoms with Crippen LogP contribution in [0.25, 0.3) is 6.08 Å². The lowest BCUT2D eigenvalue weighted by Gasteiger charge is -2.15. The Morgan fingerprint density at radius 1 is 1.19 bits per heavy atom. The quantitative estimate of drug-likeness (QED) is 0.484. The van der Waals surface area contributed by atoms with Gasteiger partial charge < -0.3 is 10.2 Å². The molecule has 1 aliphatic rings. The van der Waals surface area contributed by atoms with Crippen LogP contribution in [0.1, 0.15) is 24.0 Å². The SMILES string of the molecule is O=C(/C=C/c1ccccc1[N+](=O)[O-])NCc1ccc(N2CCCC2=O)cc1. The number of nitro groups is 1. The zero-order valence-corrected chi connectivity index (χ0v) is 14.6. The van der Waals surface area contributed by atoms with E-state index in [0.29, 0.717) is 18.5 Å². The molecule has 1 saturated heterocycles. The number of hydrogen-bond donors (Lipinski definition) is 1. The molecule has 0 unspecified atom stereocenters. The number of hydrogen-bond acceptors (Lipinski definition) is 4. The Morgan fingerprint density at radius 3 is 2.59 bits per heavy atom. The van der Waals surface area contributed by atoms with E-state index in [1.54, 1.807) is 23.1 Å². The van der Waals surface area contributed by atoms with Gasteiger partial charge in [-0.25, -0.2) is 0 Å². The van der Waals surface area contributed by atoms with Gasteiger partial charge in [-0.2, -0.15) is 0 Å². The summed E-state index contributed by atoms with van der Waals surface area (Å²) < 4.78 is 0. The molecule has 0 bridgehead atoms. The molecular weight excluding hydrogens is 346 g/mol. The van der Waals surface area contributed by atoms with Crippen molar-refractivity contribution in [1.82, 2.24) is 5.32 Å². The molecule has 2 amide bonds. The molecule has 0 saturated carbocycles. The minimum atomic E-state index is -0.482. The van der Waals surface area contributed by atoms with Gasteiger partial charge >= 0.3 is 0 Å². The highest BCUT2D eigenvalue weighted by molar-refractivity contribution is 5.95. The molecule has 7 nitrogen and oxygen atoms in total. The molecule has 0 radical (unpaired) electrons. The summed E-state index contributed by atoms with van der Waals surface area (Å²) >= 11 is 0. The molecule has 1 heterocycles. The zero-order valence-electron chi connectivity index (χ0n) is 14.6. The molecule has 0 aromatic heterocycles. The van der Waals surface area contributed by atoms with Crippen molar-refractivity contribution in [3.63, 3.8) is 0 Å². The van der Waals surface area contributed by atoms with Crippen molar-refractivity contribution in [3.8, 4) is 0 Å². The van der Waals surface area contributed by atoms with Gasteiger partial charge in [0.05, 0.1) is 10.5 Å². The van der Waals surface area contributed by atoms with Crippen LogP contribution in [0.5, 0.6) is 0 Å². The first-order valence-corrected chi connectivity index (χ1v) is 8.63. The van der Waals surface area contributed by atoms with Crippen LogP contribution in [-0.4, -0.2) is 23.3 Å². The number of rotatable bonds is 6. The first-order valence-electron chi connectivity index (χ1n) is 8.63. The number of carbonyl (C=O) groups is 2. The summed E-state index contributed by atoms with van der Waals surface area (Å²) in [6, 6.07) is 13.7. The predicted octanol–water partition coefficient (Wildman–Crippen LogP) is 3.05. The lowest BCUT2D eigenvalue weighted by Crippen LogP contribution is -2.23. The van der Waals surface area contributed by atoms with E-state index in [1.807, 2.05) is 24.3 Å². The van der Waals surface area contributed by atoms with E-state index >= 15 is 0 Å². The number of amides is 2. The smallest absolute Gasteiger partial charge is 0.276 e. The summed E-state index contributed by atoms with van der Waals surface area (Å²) in [5.74, 6) is -0.205. The van der Waals surface area contributed by atoms with Gasteiger partial charge in [0.15, 0.2) is 0 Å². The van der Waals surface area contributed by atoms with Gasteiger partial charge in [-0.05, 0) is 36.3 Å². The minimum Gasteiger partial charge on any atom is -0.348 e. The van der Waals surface area contributed by atoms with Gasteiger partial charge in [0.25, 0.3) is 5.69 Å². The van der Waals surface area contributed by atoms with Gasteiger partial charge in [0.1, 0.15) is 0 Å². The maximum absolute atomic E-state index is 12.0. The topological polar surface area (TPSA) is 92.5 Å². The van der Waals surface area contributed by atoms with Gasteiger partial charge in [0.2, 0.25) is 11.8 Å². The van der Waals surface area contributed by atoms with Crippen LogP contribution in [0.2, 0.25) is 0 Å². The van der Waals surface area contributed by atoms with E-state index in [4.69, 9.17) is 0 Å². The van der Waals surface area contributed by atoms with Crippen molar-refractivity contribution >= 4 is 29.3 Å². The number of nitrogens with zero attached hydrogens (tertiary/aromatic N) is 2. The molecule has 3 rings (SSSR count). The van der Waals surface area contributed by atoms with Crippen LogP contribution in [0.15, 0.2) is 54.6 Å². The van der Waals surface area contributed by atoms with Gasteiger partial charge in [-0.1, -0.05) is 24.3 Å². The molecule has 7 heteroatoms. The molecule has 27 heavy (non-hydrogen) atoms. The average molecular weight is 365 g/mol. The highest BCUT2D eigenvalue weighted by atomic mass is 16.6. The summed E-state index contributed by atoms with van der Waals surface area (Å²) in [5.41, 5.74) is 2.09. The van der Waals surface area contributed by atoms with Crippen molar-refractivity contribution in [2.24, 2.45) is 0 Å². The Bertz CT molecular complexity index is 890. The third-order valence-corrected chi connectivity index (χ3v) is 4.34.